The molecule has 0 aromatic heterocycles. The number of likely N-dealkylation sites (N-methyl/N-ethyl adjacent to an activating group) is 1. The first-order valence-corrected chi connectivity index (χ1v) is 7.44. The summed E-state index contributed by atoms with van der Waals surface area (Å²) in [5.41, 5.74) is 3.64. The quantitative estimate of drug-likeness (QED) is 0.805. The second-order valence-electron chi connectivity index (χ2n) is 5.49. The number of hydrogen-bond donors (Lipinski definition) is 0. The van der Waals surface area contributed by atoms with E-state index in [2.05, 4.69) is 70.6 Å². The smallest absolute Gasteiger partial charge is 0.0542 e. The van der Waals surface area contributed by atoms with Gasteiger partial charge in [-0.2, -0.15) is 5.10 Å². The summed E-state index contributed by atoms with van der Waals surface area (Å²) < 4.78 is 0. The SMILES string of the molecule is CN1CCN(N=Cc2ccc(-c3ccccc3)cc2)CC1. The summed E-state index contributed by atoms with van der Waals surface area (Å²) >= 11 is 0. The Bertz CT molecular complexity index is 582. The molecule has 0 spiro atoms. The molecule has 3 nitrogen and oxygen atoms in total. The zero-order valence-corrected chi connectivity index (χ0v) is 12.4. The second-order valence-corrected chi connectivity index (χ2v) is 5.49. The average Bonchev–Trinajstić information content (AvgIpc) is 2.56. The highest BCUT2D eigenvalue weighted by molar-refractivity contribution is 5.80. The molecule has 0 unspecified atom stereocenters. The zero-order valence-electron chi connectivity index (χ0n) is 12.4. The number of hydrazone groups is 1. The van der Waals surface area contributed by atoms with E-state index in [-0.39, 0.29) is 0 Å². The van der Waals surface area contributed by atoms with Gasteiger partial charge in [0.25, 0.3) is 0 Å². The van der Waals surface area contributed by atoms with E-state index >= 15 is 0 Å². The number of nitrogens with zero attached hydrogens (tertiary/aromatic N) is 3. The topological polar surface area (TPSA) is 18.8 Å². The molecule has 0 N–H and O–H groups in total. The van der Waals surface area contributed by atoms with E-state index in [0.29, 0.717) is 0 Å². The normalized spacial score (nSPS) is 16.5. The Kier molecular flexibility index (Phi) is 4.31. The Balaban J connectivity index is 1.65. The maximum absolute atomic E-state index is 4.57. The van der Waals surface area contributed by atoms with Gasteiger partial charge >= 0.3 is 0 Å². The number of rotatable bonds is 3. The maximum Gasteiger partial charge on any atom is 0.0542 e. The van der Waals surface area contributed by atoms with Crippen molar-refractivity contribution in [3.63, 3.8) is 0 Å². The van der Waals surface area contributed by atoms with Crippen LogP contribution in [-0.2, 0) is 0 Å². The highest BCUT2D eigenvalue weighted by Crippen LogP contribution is 2.18. The molecule has 108 valence electrons. The largest absolute Gasteiger partial charge is 0.303 e. The van der Waals surface area contributed by atoms with E-state index in [1.165, 1.54) is 11.1 Å². The van der Waals surface area contributed by atoms with Crippen molar-refractivity contribution in [3.8, 4) is 11.1 Å². The van der Waals surface area contributed by atoms with Gasteiger partial charge in [0, 0.05) is 26.2 Å². The van der Waals surface area contributed by atoms with Crippen molar-refractivity contribution in [2.45, 2.75) is 0 Å². The Morgan fingerprint density at radius 2 is 1.43 bits per heavy atom. The highest BCUT2D eigenvalue weighted by atomic mass is 15.5. The predicted octanol–water partition coefficient (Wildman–Crippen LogP) is 2.93. The fraction of sp³-hybridized carbons (Fsp3) is 0.278. The van der Waals surface area contributed by atoms with Gasteiger partial charge in [0.1, 0.15) is 0 Å². The van der Waals surface area contributed by atoms with E-state index in [1.54, 1.807) is 0 Å². The van der Waals surface area contributed by atoms with Gasteiger partial charge in [0.05, 0.1) is 6.21 Å². The molecule has 0 aliphatic carbocycles. The molecule has 0 saturated carbocycles. The van der Waals surface area contributed by atoms with Crippen LogP contribution in [0, 0.1) is 0 Å². The molecule has 1 heterocycles. The first-order chi connectivity index (χ1) is 10.3. The number of hydrogen-bond acceptors (Lipinski definition) is 3. The molecule has 1 aliphatic rings. The van der Waals surface area contributed by atoms with Gasteiger partial charge in [0.2, 0.25) is 0 Å². The molecule has 1 aliphatic heterocycles. The number of piperazine rings is 1. The molecule has 2 aromatic rings. The van der Waals surface area contributed by atoms with E-state index in [9.17, 15) is 0 Å². The van der Waals surface area contributed by atoms with E-state index < -0.39 is 0 Å². The van der Waals surface area contributed by atoms with Crippen LogP contribution in [0.15, 0.2) is 59.7 Å². The monoisotopic (exact) mass is 279 g/mol. The van der Waals surface area contributed by atoms with Crippen LogP contribution in [-0.4, -0.2) is 49.4 Å². The third kappa shape index (κ3) is 3.70. The van der Waals surface area contributed by atoms with Crippen LogP contribution in [0.1, 0.15) is 5.56 Å². The minimum Gasteiger partial charge on any atom is -0.303 e. The van der Waals surface area contributed by atoms with Crippen LogP contribution in [0.2, 0.25) is 0 Å². The molecule has 1 fully saturated rings. The van der Waals surface area contributed by atoms with Crippen molar-refractivity contribution >= 4 is 6.21 Å². The van der Waals surface area contributed by atoms with Gasteiger partial charge in [0.15, 0.2) is 0 Å². The van der Waals surface area contributed by atoms with Gasteiger partial charge in [-0.3, -0.25) is 5.01 Å². The van der Waals surface area contributed by atoms with Crippen LogP contribution in [0.3, 0.4) is 0 Å². The second kappa shape index (κ2) is 6.55. The lowest BCUT2D eigenvalue weighted by Crippen LogP contribution is -2.41. The Morgan fingerprint density at radius 1 is 0.810 bits per heavy atom. The van der Waals surface area contributed by atoms with E-state index in [1.807, 2.05) is 12.3 Å². The van der Waals surface area contributed by atoms with Crippen molar-refractivity contribution in [2.75, 3.05) is 33.2 Å². The summed E-state index contributed by atoms with van der Waals surface area (Å²) in [6, 6.07) is 19.0. The molecule has 3 rings (SSSR count). The summed E-state index contributed by atoms with van der Waals surface area (Å²) in [7, 11) is 2.16. The first-order valence-electron chi connectivity index (χ1n) is 7.44. The lowest BCUT2D eigenvalue weighted by molar-refractivity contribution is 0.159. The Labute approximate surface area is 126 Å². The van der Waals surface area contributed by atoms with Crippen molar-refractivity contribution in [1.29, 1.82) is 0 Å². The standard InChI is InChI=1S/C18H21N3/c1-20-11-13-21(14-12-20)19-15-16-7-9-18(10-8-16)17-5-3-2-4-6-17/h2-10,15H,11-14H2,1H3. The number of benzene rings is 2. The fourth-order valence-corrected chi connectivity index (χ4v) is 2.45. The maximum atomic E-state index is 4.57. The van der Waals surface area contributed by atoms with Crippen molar-refractivity contribution in [2.24, 2.45) is 5.10 Å². The van der Waals surface area contributed by atoms with Gasteiger partial charge in [-0.05, 0) is 23.7 Å². The van der Waals surface area contributed by atoms with E-state index in [0.717, 1.165) is 31.7 Å². The molecule has 0 atom stereocenters. The molecule has 0 amide bonds. The van der Waals surface area contributed by atoms with Crippen LogP contribution >= 0.6 is 0 Å². The fourth-order valence-electron chi connectivity index (χ4n) is 2.45. The van der Waals surface area contributed by atoms with Crippen LogP contribution in [0.4, 0.5) is 0 Å². The Hall–Kier alpha value is -2.13. The predicted molar refractivity (Wildman–Crippen MR) is 88.5 cm³/mol. The Morgan fingerprint density at radius 3 is 2.10 bits per heavy atom. The van der Waals surface area contributed by atoms with Gasteiger partial charge in [-0.25, -0.2) is 0 Å². The average molecular weight is 279 g/mol. The lowest BCUT2D eigenvalue weighted by atomic mass is 10.0. The van der Waals surface area contributed by atoms with Gasteiger partial charge < -0.3 is 4.90 Å². The van der Waals surface area contributed by atoms with Crippen molar-refractivity contribution < 1.29 is 0 Å². The van der Waals surface area contributed by atoms with Crippen LogP contribution in [0.5, 0.6) is 0 Å². The summed E-state index contributed by atoms with van der Waals surface area (Å²) in [5.74, 6) is 0. The van der Waals surface area contributed by atoms with Crippen LogP contribution < -0.4 is 0 Å². The third-order valence-corrected chi connectivity index (χ3v) is 3.87. The van der Waals surface area contributed by atoms with Crippen molar-refractivity contribution in [1.82, 2.24) is 9.91 Å². The highest BCUT2D eigenvalue weighted by Gasteiger charge is 2.10. The molecular formula is C18H21N3. The summed E-state index contributed by atoms with van der Waals surface area (Å²) in [4.78, 5) is 2.33. The molecule has 0 radical (unpaired) electrons. The van der Waals surface area contributed by atoms with Gasteiger partial charge in [-0.15, -0.1) is 0 Å². The molecule has 0 bridgehead atoms. The van der Waals surface area contributed by atoms with E-state index in [4.69, 9.17) is 0 Å². The lowest BCUT2D eigenvalue weighted by Gasteiger charge is -2.30. The summed E-state index contributed by atoms with van der Waals surface area (Å²) in [6.45, 7) is 4.19. The molecule has 21 heavy (non-hydrogen) atoms. The first kappa shape index (κ1) is 13.8. The molecule has 1 saturated heterocycles. The van der Waals surface area contributed by atoms with Gasteiger partial charge in [-0.1, -0.05) is 54.6 Å². The molecular weight excluding hydrogens is 258 g/mol. The van der Waals surface area contributed by atoms with Crippen LogP contribution in [0.25, 0.3) is 11.1 Å². The summed E-state index contributed by atoms with van der Waals surface area (Å²) in [5, 5.41) is 6.72. The molecule has 2 aromatic carbocycles. The summed E-state index contributed by atoms with van der Waals surface area (Å²) in [6.07, 6.45) is 1.96. The van der Waals surface area contributed by atoms with Crippen molar-refractivity contribution in [3.05, 3.63) is 60.2 Å². The zero-order chi connectivity index (χ0) is 14.5. The third-order valence-electron chi connectivity index (χ3n) is 3.87. The molecule has 3 heteroatoms. The minimum absolute atomic E-state index is 1.01. The minimum atomic E-state index is 1.01.